The average Bonchev–Trinajstić information content (AvgIpc) is 2.46. The number of carbonyl (C=O) groups is 1. The summed E-state index contributed by atoms with van der Waals surface area (Å²) < 4.78 is 0. The second-order valence-electron chi connectivity index (χ2n) is 4.70. The zero-order valence-electron chi connectivity index (χ0n) is 11.2. The number of nitro groups is 1. The van der Waals surface area contributed by atoms with E-state index >= 15 is 0 Å². The second-order valence-corrected chi connectivity index (χ2v) is 4.70. The topological polar surface area (TPSA) is 60.2 Å². The quantitative estimate of drug-likeness (QED) is 0.616. The van der Waals surface area contributed by atoms with Crippen molar-refractivity contribution in [3.8, 4) is 0 Å². The molecule has 1 unspecified atom stereocenters. The monoisotopic (exact) mass is 269 g/mol. The van der Waals surface area contributed by atoms with Gasteiger partial charge >= 0.3 is 0 Å². The summed E-state index contributed by atoms with van der Waals surface area (Å²) in [7, 11) is 0. The minimum atomic E-state index is -0.427. The first-order valence-electron chi connectivity index (χ1n) is 6.36. The van der Waals surface area contributed by atoms with Gasteiger partial charge in [-0.25, -0.2) is 0 Å². The van der Waals surface area contributed by atoms with Crippen molar-refractivity contribution in [2.45, 2.75) is 19.3 Å². The first kappa shape index (κ1) is 13.9. The zero-order chi connectivity index (χ0) is 14.5. The smallest absolute Gasteiger partial charge is 0.269 e. The molecule has 0 N–H and O–H groups in total. The summed E-state index contributed by atoms with van der Waals surface area (Å²) in [4.78, 5) is 22.0. The predicted molar refractivity (Wildman–Crippen MR) is 76.7 cm³/mol. The number of carbonyl (C=O) groups excluding carboxylic acids is 1. The minimum absolute atomic E-state index is 0.0628. The Balaban J connectivity index is 2.21. The summed E-state index contributed by atoms with van der Waals surface area (Å²) in [5.74, 6) is -0.118. The van der Waals surface area contributed by atoms with Crippen molar-refractivity contribution in [1.82, 2.24) is 0 Å². The molecule has 0 fully saturated rings. The molecule has 0 aliphatic carbocycles. The van der Waals surface area contributed by atoms with Gasteiger partial charge in [0, 0.05) is 18.1 Å². The number of rotatable bonds is 5. The highest BCUT2D eigenvalue weighted by atomic mass is 16.6. The van der Waals surface area contributed by atoms with Gasteiger partial charge in [-0.1, -0.05) is 42.5 Å². The third-order valence-corrected chi connectivity index (χ3v) is 3.28. The Labute approximate surface area is 117 Å². The van der Waals surface area contributed by atoms with E-state index < -0.39 is 4.92 Å². The van der Waals surface area contributed by atoms with E-state index in [1.54, 1.807) is 19.1 Å². The van der Waals surface area contributed by atoms with E-state index in [2.05, 4.69) is 0 Å². The normalized spacial score (nSPS) is 11.8. The number of benzene rings is 2. The number of ketones is 1. The lowest BCUT2D eigenvalue weighted by Crippen LogP contribution is -2.12. The van der Waals surface area contributed by atoms with Crippen LogP contribution in [0.2, 0.25) is 0 Å². The second kappa shape index (κ2) is 6.10. The number of Topliss-reactive ketones (excluding diaryl/α,β-unsaturated/α-hetero) is 1. The van der Waals surface area contributed by atoms with Crippen molar-refractivity contribution in [2.75, 3.05) is 0 Å². The molecule has 0 saturated heterocycles. The zero-order valence-corrected chi connectivity index (χ0v) is 11.2. The van der Waals surface area contributed by atoms with Crippen molar-refractivity contribution >= 4 is 11.5 Å². The molecule has 2 rings (SSSR count). The molecule has 4 nitrogen and oxygen atoms in total. The maximum absolute atomic E-state index is 11.8. The maximum Gasteiger partial charge on any atom is 0.269 e. The fraction of sp³-hybridized carbons (Fsp3) is 0.188. The first-order chi connectivity index (χ1) is 9.58. The lowest BCUT2D eigenvalue weighted by atomic mass is 9.89. The van der Waals surface area contributed by atoms with E-state index in [0.29, 0.717) is 6.42 Å². The fourth-order valence-electron chi connectivity index (χ4n) is 2.17. The van der Waals surface area contributed by atoms with Gasteiger partial charge in [-0.2, -0.15) is 0 Å². The molecule has 2 aromatic carbocycles. The van der Waals surface area contributed by atoms with Crippen molar-refractivity contribution in [3.05, 3.63) is 75.8 Å². The van der Waals surface area contributed by atoms with Crippen LogP contribution in [-0.4, -0.2) is 10.7 Å². The lowest BCUT2D eigenvalue weighted by molar-refractivity contribution is -0.384. The van der Waals surface area contributed by atoms with Gasteiger partial charge < -0.3 is 0 Å². The Morgan fingerprint density at radius 2 is 1.70 bits per heavy atom. The van der Waals surface area contributed by atoms with Crippen LogP contribution in [0.25, 0.3) is 0 Å². The molecule has 0 aromatic heterocycles. The summed E-state index contributed by atoms with van der Waals surface area (Å²) >= 11 is 0. The van der Waals surface area contributed by atoms with Crippen LogP contribution in [0.3, 0.4) is 0 Å². The van der Waals surface area contributed by atoms with Gasteiger partial charge in [0.15, 0.2) is 0 Å². The van der Waals surface area contributed by atoms with Crippen LogP contribution in [0.1, 0.15) is 24.0 Å². The summed E-state index contributed by atoms with van der Waals surface area (Å²) in [6, 6.07) is 15.9. The third-order valence-electron chi connectivity index (χ3n) is 3.28. The van der Waals surface area contributed by atoms with Crippen LogP contribution >= 0.6 is 0 Å². The van der Waals surface area contributed by atoms with Gasteiger partial charge in [-0.05, 0) is 24.5 Å². The van der Waals surface area contributed by atoms with E-state index in [1.807, 2.05) is 30.3 Å². The highest BCUT2D eigenvalue weighted by Gasteiger charge is 2.17. The molecule has 2 aromatic rings. The van der Waals surface area contributed by atoms with E-state index in [9.17, 15) is 14.9 Å². The number of hydrogen-bond donors (Lipinski definition) is 0. The summed E-state index contributed by atoms with van der Waals surface area (Å²) in [5, 5.41) is 10.6. The Morgan fingerprint density at radius 1 is 1.10 bits per heavy atom. The van der Waals surface area contributed by atoms with E-state index in [-0.39, 0.29) is 17.4 Å². The van der Waals surface area contributed by atoms with Gasteiger partial charge in [0.1, 0.15) is 5.78 Å². The number of non-ortho nitro benzene ring substituents is 1. The summed E-state index contributed by atoms with van der Waals surface area (Å²) in [5.41, 5.74) is 1.95. The third kappa shape index (κ3) is 3.29. The van der Waals surface area contributed by atoms with E-state index in [4.69, 9.17) is 0 Å². The minimum Gasteiger partial charge on any atom is -0.299 e. The molecule has 0 heterocycles. The molecule has 0 amide bonds. The van der Waals surface area contributed by atoms with Crippen LogP contribution < -0.4 is 0 Å². The molecule has 4 heteroatoms. The van der Waals surface area contributed by atoms with Gasteiger partial charge in [-0.3, -0.25) is 14.9 Å². The molecular weight excluding hydrogens is 254 g/mol. The molecule has 0 aliphatic rings. The molecule has 1 atom stereocenters. The highest BCUT2D eigenvalue weighted by molar-refractivity contribution is 5.83. The Morgan fingerprint density at radius 3 is 2.20 bits per heavy atom. The molecule has 0 aliphatic heterocycles. The highest BCUT2D eigenvalue weighted by Crippen LogP contribution is 2.23. The Bertz CT molecular complexity index is 605. The van der Waals surface area contributed by atoms with Crippen LogP contribution in [0.15, 0.2) is 54.6 Å². The molecule has 0 bridgehead atoms. The molecule has 0 radical (unpaired) electrons. The largest absolute Gasteiger partial charge is 0.299 e. The van der Waals surface area contributed by atoms with Crippen LogP contribution in [-0.2, 0) is 11.2 Å². The fourth-order valence-corrected chi connectivity index (χ4v) is 2.17. The van der Waals surface area contributed by atoms with Crippen LogP contribution in [0.4, 0.5) is 5.69 Å². The molecule has 102 valence electrons. The van der Waals surface area contributed by atoms with Gasteiger partial charge in [0.05, 0.1) is 4.92 Å². The average molecular weight is 269 g/mol. The van der Waals surface area contributed by atoms with Crippen molar-refractivity contribution < 1.29 is 9.72 Å². The van der Waals surface area contributed by atoms with Crippen molar-refractivity contribution in [3.63, 3.8) is 0 Å². The van der Waals surface area contributed by atoms with Crippen molar-refractivity contribution in [2.24, 2.45) is 0 Å². The Kier molecular flexibility index (Phi) is 4.25. The standard InChI is InChI=1S/C16H15NO3/c1-12(18)16(14-5-3-2-4-6-14)11-13-7-9-15(10-8-13)17(19)20/h2-10,16H,11H2,1H3. The SMILES string of the molecule is CC(=O)C(Cc1ccc([N+](=O)[O-])cc1)c1ccccc1. The van der Waals surface area contributed by atoms with Crippen LogP contribution in [0.5, 0.6) is 0 Å². The van der Waals surface area contributed by atoms with Gasteiger partial charge in [-0.15, -0.1) is 0 Å². The van der Waals surface area contributed by atoms with E-state index in [1.165, 1.54) is 12.1 Å². The number of nitro benzene ring substituents is 1. The summed E-state index contributed by atoms with van der Waals surface area (Å²) in [6.07, 6.45) is 0.553. The molecular formula is C16H15NO3. The van der Waals surface area contributed by atoms with Crippen molar-refractivity contribution in [1.29, 1.82) is 0 Å². The number of hydrogen-bond acceptors (Lipinski definition) is 3. The first-order valence-corrected chi connectivity index (χ1v) is 6.36. The summed E-state index contributed by atoms with van der Waals surface area (Å²) in [6.45, 7) is 1.57. The van der Waals surface area contributed by atoms with Gasteiger partial charge in [0.2, 0.25) is 0 Å². The molecule has 20 heavy (non-hydrogen) atoms. The predicted octanol–water partition coefficient (Wildman–Crippen LogP) is 3.51. The van der Waals surface area contributed by atoms with Gasteiger partial charge in [0.25, 0.3) is 5.69 Å². The van der Waals surface area contributed by atoms with E-state index in [0.717, 1.165) is 11.1 Å². The number of nitrogens with zero attached hydrogens (tertiary/aromatic N) is 1. The maximum atomic E-state index is 11.8. The Hall–Kier alpha value is -2.49. The lowest BCUT2D eigenvalue weighted by Gasteiger charge is -2.14. The van der Waals surface area contributed by atoms with Crippen LogP contribution in [0, 0.1) is 10.1 Å². The molecule has 0 saturated carbocycles. The molecule has 0 spiro atoms.